The van der Waals surface area contributed by atoms with Crippen molar-refractivity contribution < 1.29 is 4.79 Å². The zero-order valence-electron chi connectivity index (χ0n) is 18.1. The summed E-state index contributed by atoms with van der Waals surface area (Å²) >= 11 is 1.28. The maximum absolute atomic E-state index is 13.1. The van der Waals surface area contributed by atoms with Gasteiger partial charge in [-0.2, -0.15) is 0 Å². The van der Waals surface area contributed by atoms with E-state index in [1.165, 1.54) is 16.4 Å². The van der Waals surface area contributed by atoms with Crippen molar-refractivity contribution in [2.75, 3.05) is 18.6 Å². The molecule has 0 fully saturated rings. The topological polar surface area (TPSA) is 77.0 Å². The minimum atomic E-state index is -0.177. The fraction of sp³-hybridized carbons (Fsp3) is 0.160. The minimum Gasteiger partial charge on any atom is -0.335 e. The first-order valence-electron chi connectivity index (χ1n) is 10.3. The van der Waals surface area contributed by atoms with Crippen molar-refractivity contribution in [3.63, 3.8) is 0 Å². The molecule has 3 aromatic carbocycles. The number of hydrogen-bond donors (Lipinski definition) is 1. The van der Waals surface area contributed by atoms with E-state index in [1.54, 1.807) is 4.90 Å². The van der Waals surface area contributed by atoms with E-state index in [9.17, 15) is 4.79 Å². The Balaban J connectivity index is 1.50. The molecular formula is C25H25N5OS. The third-order valence-electron chi connectivity index (χ3n) is 5.31. The molecule has 0 saturated carbocycles. The van der Waals surface area contributed by atoms with Crippen molar-refractivity contribution in [3.8, 4) is 11.4 Å². The molecule has 2 N–H and O–H groups in total. The molecule has 0 aliphatic rings. The molecule has 0 spiro atoms. The van der Waals surface area contributed by atoms with Gasteiger partial charge in [0.05, 0.1) is 11.8 Å². The van der Waals surface area contributed by atoms with Crippen LogP contribution in [-0.2, 0) is 4.79 Å². The SMILES string of the molecule is Cc1ccc(-c2nnc(SCC(=O)N(C)C(c3ccccc3)c3ccccc3)n2N)cc1. The summed E-state index contributed by atoms with van der Waals surface area (Å²) in [4.78, 5) is 14.9. The number of nitrogen functional groups attached to an aromatic ring is 1. The Bertz CT molecular complexity index is 1140. The zero-order chi connectivity index (χ0) is 22.5. The molecule has 7 heteroatoms. The number of carbonyl (C=O) groups is 1. The molecule has 0 unspecified atom stereocenters. The second-order valence-corrected chi connectivity index (χ2v) is 8.50. The maximum Gasteiger partial charge on any atom is 0.233 e. The molecule has 1 amide bonds. The summed E-state index contributed by atoms with van der Waals surface area (Å²) in [7, 11) is 1.83. The highest BCUT2D eigenvalue weighted by Crippen LogP contribution is 2.29. The quantitative estimate of drug-likeness (QED) is 0.340. The number of benzene rings is 3. The molecule has 162 valence electrons. The first kappa shape index (κ1) is 21.6. The Labute approximate surface area is 192 Å². The number of aromatic nitrogens is 3. The lowest BCUT2D eigenvalue weighted by atomic mass is 9.97. The number of thioether (sulfide) groups is 1. The summed E-state index contributed by atoms with van der Waals surface area (Å²) in [5.41, 5.74) is 4.16. The number of carbonyl (C=O) groups excluding carboxylic acids is 1. The highest BCUT2D eigenvalue weighted by molar-refractivity contribution is 7.99. The van der Waals surface area contributed by atoms with E-state index in [2.05, 4.69) is 10.2 Å². The highest BCUT2D eigenvalue weighted by atomic mass is 32.2. The van der Waals surface area contributed by atoms with Crippen molar-refractivity contribution in [1.29, 1.82) is 0 Å². The first-order chi connectivity index (χ1) is 15.5. The third-order valence-corrected chi connectivity index (χ3v) is 6.24. The number of nitrogens with two attached hydrogens (primary N) is 1. The van der Waals surface area contributed by atoms with E-state index >= 15 is 0 Å². The van der Waals surface area contributed by atoms with Crippen LogP contribution in [0.3, 0.4) is 0 Å². The Morgan fingerprint density at radius 2 is 1.50 bits per heavy atom. The van der Waals surface area contributed by atoms with Crippen LogP contribution in [-0.4, -0.2) is 38.5 Å². The normalized spacial score (nSPS) is 11.0. The van der Waals surface area contributed by atoms with Gasteiger partial charge in [-0.3, -0.25) is 4.79 Å². The predicted molar refractivity (Wildman–Crippen MR) is 129 cm³/mol. The van der Waals surface area contributed by atoms with Crippen LogP contribution in [0.5, 0.6) is 0 Å². The minimum absolute atomic E-state index is 0.0207. The first-order valence-corrected chi connectivity index (χ1v) is 11.3. The smallest absolute Gasteiger partial charge is 0.233 e. The van der Waals surface area contributed by atoms with Crippen molar-refractivity contribution in [1.82, 2.24) is 19.8 Å². The van der Waals surface area contributed by atoms with Gasteiger partial charge in [0, 0.05) is 12.6 Å². The molecule has 32 heavy (non-hydrogen) atoms. The standard InChI is InChI=1S/C25H25N5OS/c1-18-13-15-21(16-14-18)24-27-28-25(30(24)26)32-17-22(31)29(2)23(19-9-5-3-6-10-19)20-11-7-4-8-12-20/h3-16,23H,17,26H2,1-2H3. The lowest BCUT2D eigenvalue weighted by Gasteiger charge is -2.29. The van der Waals surface area contributed by atoms with E-state index < -0.39 is 0 Å². The van der Waals surface area contributed by atoms with Crippen LogP contribution in [0.2, 0.25) is 0 Å². The highest BCUT2D eigenvalue weighted by Gasteiger charge is 2.24. The lowest BCUT2D eigenvalue weighted by molar-refractivity contribution is -0.128. The van der Waals surface area contributed by atoms with E-state index in [1.807, 2.05) is 98.9 Å². The van der Waals surface area contributed by atoms with Gasteiger partial charge < -0.3 is 10.7 Å². The molecule has 4 aromatic rings. The van der Waals surface area contributed by atoms with Crippen molar-refractivity contribution >= 4 is 17.7 Å². The predicted octanol–water partition coefficient (Wildman–Crippen LogP) is 4.31. The average molecular weight is 444 g/mol. The van der Waals surface area contributed by atoms with E-state index in [-0.39, 0.29) is 17.7 Å². The summed E-state index contributed by atoms with van der Waals surface area (Å²) in [6.07, 6.45) is 0. The number of amides is 1. The van der Waals surface area contributed by atoms with Crippen molar-refractivity contribution in [2.24, 2.45) is 0 Å². The summed E-state index contributed by atoms with van der Waals surface area (Å²) in [5.74, 6) is 6.98. The molecule has 0 bridgehead atoms. The number of aryl methyl sites for hydroxylation is 1. The average Bonchev–Trinajstić information content (AvgIpc) is 3.19. The largest absolute Gasteiger partial charge is 0.335 e. The number of nitrogens with zero attached hydrogens (tertiary/aromatic N) is 4. The van der Waals surface area contributed by atoms with Crippen molar-refractivity contribution in [3.05, 3.63) is 102 Å². The van der Waals surface area contributed by atoms with Crippen molar-refractivity contribution in [2.45, 2.75) is 18.1 Å². The Kier molecular flexibility index (Phi) is 6.56. The lowest BCUT2D eigenvalue weighted by Crippen LogP contribution is -2.33. The van der Waals surface area contributed by atoms with Gasteiger partial charge in [-0.25, -0.2) is 4.68 Å². The summed E-state index contributed by atoms with van der Waals surface area (Å²) in [5, 5.41) is 8.90. The van der Waals surface area contributed by atoms with Gasteiger partial charge >= 0.3 is 0 Å². The van der Waals surface area contributed by atoms with Gasteiger partial charge in [-0.15, -0.1) is 10.2 Å². The summed E-state index contributed by atoms with van der Waals surface area (Å²) < 4.78 is 1.44. The molecule has 0 saturated heterocycles. The van der Waals surface area contributed by atoms with Crippen LogP contribution in [0.1, 0.15) is 22.7 Å². The Morgan fingerprint density at radius 1 is 0.938 bits per heavy atom. The van der Waals surface area contributed by atoms with Gasteiger partial charge in [0.1, 0.15) is 0 Å². The maximum atomic E-state index is 13.1. The summed E-state index contributed by atoms with van der Waals surface area (Å²) in [6, 6.07) is 27.8. The second-order valence-electron chi connectivity index (χ2n) is 7.56. The molecule has 6 nitrogen and oxygen atoms in total. The fourth-order valence-corrected chi connectivity index (χ4v) is 4.34. The number of rotatable bonds is 7. The van der Waals surface area contributed by atoms with E-state index in [0.717, 1.165) is 22.3 Å². The second kappa shape index (κ2) is 9.70. The molecule has 1 heterocycles. The molecular weight excluding hydrogens is 418 g/mol. The molecule has 4 rings (SSSR count). The molecule has 1 aromatic heterocycles. The van der Waals surface area contributed by atoms with Gasteiger partial charge in [0.2, 0.25) is 11.1 Å². The van der Waals surface area contributed by atoms with Crippen LogP contribution >= 0.6 is 11.8 Å². The van der Waals surface area contributed by atoms with Gasteiger partial charge in [-0.05, 0) is 18.1 Å². The van der Waals surface area contributed by atoms with Crippen LogP contribution in [0.4, 0.5) is 0 Å². The van der Waals surface area contributed by atoms with Crippen LogP contribution in [0, 0.1) is 6.92 Å². The van der Waals surface area contributed by atoms with Crippen LogP contribution < -0.4 is 5.84 Å². The number of hydrogen-bond acceptors (Lipinski definition) is 5. The molecule has 0 radical (unpaired) electrons. The van der Waals surface area contributed by atoms with Crippen LogP contribution in [0.15, 0.2) is 90.1 Å². The molecule has 0 aliphatic heterocycles. The third kappa shape index (κ3) is 4.68. The van der Waals surface area contributed by atoms with Gasteiger partial charge in [0.15, 0.2) is 5.82 Å². The molecule has 0 atom stereocenters. The van der Waals surface area contributed by atoms with Gasteiger partial charge in [0.25, 0.3) is 0 Å². The zero-order valence-corrected chi connectivity index (χ0v) is 18.9. The van der Waals surface area contributed by atoms with E-state index in [0.29, 0.717) is 11.0 Å². The summed E-state index contributed by atoms with van der Waals surface area (Å²) in [6.45, 7) is 2.03. The van der Waals surface area contributed by atoms with Crippen LogP contribution in [0.25, 0.3) is 11.4 Å². The fourth-order valence-electron chi connectivity index (χ4n) is 3.56. The van der Waals surface area contributed by atoms with E-state index in [4.69, 9.17) is 5.84 Å². The monoisotopic (exact) mass is 443 g/mol. The Hall–Kier alpha value is -3.58. The van der Waals surface area contributed by atoms with Gasteiger partial charge in [-0.1, -0.05) is 102 Å². The Morgan fingerprint density at radius 3 is 2.06 bits per heavy atom. The molecule has 0 aliphatic carbocycles.